The summed E-state index contributed by atoms with van der Waals surface area (Å²) >= 11 is 0. The number of benzene rings is 1. The Labute approximate surface area is 88.7 Å². The minimum absolute atomic E-state index is 0.106. The monoisotopic (exact) mass is 209 g/mol. The third-order valence-electron chi connectivity index (χ3n) is 2.71. The quantitative estimate of drug-likeness (QED) is 0.771. The van der Waals surface area contributed by atoms with Gasteiger partial charge in [-0.3, -0.25) is 0 Å². The lowest BCUT2D eigenvalue weighted by atomic mass is 10.2. The molecule has 1 heterocycles. The first-order chi connectivity index (χ1) is 7.24. The van der Waals surface area contributed by atoms with Gasteiger partial charge in [0.1, 0.15) is 6.23 Å². The van der Waals surface area contributed by atoms with Gasteiger partial charge in [0.2, 0.25) is 0 Å². The molecule has 1 atom stereocenters. The number of nitrogens with zero attached hydrogens (tertiary/aromatic N) is 1. The van der Waals surface area contributed by atoms with Crippen LogP contribution in [0.5, 0.6) is 11.5 Å². The van der Waals surface area contributed by atoms with E-state index < -0.39 is 6.23 Å². The van der Waals surface area contributed by atoms with Crippen molar-refractivity contribution in [3.8, 4) is 11.5 Å². The molecule has 1 aromatic carbocycles. The maximum absolute atomic E-state index is 9.74. The highest BCUT2D eigenvalue weighted by atomic mass is 16.5. The van der Waals surface area contributed by atoms with Crippen LogP contribution in [-0.2, 0) is 0 Å². The number of phenols is 1. The minimum atomic E-state index is -0.472. The Hall–Kier alpha value is -1.42. The highest BCUT2D eigenvalue weighted by Crippen LogP contribution is 2.38. The van der Waals surface area contributed by atoms with Crippen molar-refractivity contribution in [3.05, 3.63) is 18.2 Å². The largest absolute Gasteiger partial charge is 0.504 e. The van der Waals surface area contributed by atoms with E-state index in [1.807, 2.05) is 11.0 Å². The van der Waals surface area contributed by atoms with Crippen LogP contribution < -0.4 is 9.64 Å². The van der Waals surface area contributed by atoms with E-state index in [-0.39, 0.29) is 5.75 Å². The van der Waals surface area contributed by atoms with Gasteiger partial charge in [-0.15, -0.1) is 0 Å². The molecule has 2 N–H and O–H groups in total. The van der Waals surface area contributed by atoms with Gasteiger partial charge in [0.05, 0.1) is 12.8 Å². The van der Waals surface area contributed by atoms with Crippen molar-refractivity contribution < 1.29 is 14.9 Å². The summed E-state index contributed by atoms with van der Waals surface area (Å²) in [5, 5.41) is 19.3. The summed E-state index contributed by atoms with van der Waals surface area (Å²) in [5.74, 6) is 0.535. The number of aromatic hydroxyl groups is 1. The van der Waals surface area contributed by atoms with Crippen LogP contribution in [0.4, 0.5) is 5.69 Å². The van der Waals surface area contributed by atoms with Crippen molar-refractivity contribution in [2.75, 3.05) is 18.6 Å². The Bertz CT molecular complexity index is 354. The number of para-hydroxylation sites is 1. The maximum atomic E-state index is 9.74. The number of rotatable bonds is 2. The topological polar surface area (TPSA) is 52.9 Å². The van der Waals surface area contributed by atoms with Gasteiger partial charge in [-0.05, 0) is 25.0 Å². The second-order valence-electron chi connectivity index (χ2n) is 3.65. The fourth-order valence-corrected chi connectivity index (χ4v) is 1.98. The first kappa shape index (κ1) is 10.1. The lowest BCUT2D eigenvalue weighted by Gasteiger charge is -2.24. The second-order valence-corrected chi connectivity index (χ2v) is 3.65. The molecule has 0 amide bonds. The SMILES string of the molecule is COc1c(O)cccc1N1CCCC1O. The molecule has 1 fully saturated rings. The van der Waals surface area contributed by atoms with Crippen molar-refractivity contribution in [2.45, 2.75) is 19.1 Å². The van der Waals surface area contributed by atoms with Crippen LogP contribution in [-0.4, -0.2) is 30.1 Å². The normalized spacial score (nSPS) is 20.7. The summed E-state index contributed by atoms with van der Waals surface area (Å²) in [6.07, 6.45) is 1.25. The van der Waals surface area contributed by atoms with Crippen molar-refractivity contribution in [3.63, 3.8) is 0 Å². The van der Waals surface area contributed by atoms with Crippen molar-refractivity contribution in [1.29, 1.82) is 0 Å². The zero-order chi connectivity index (χ0) is 10.8. The minimum Gasteiger partial charge on any atom is -0.504 e. The average Bonchev–Trinajstić information content (AvgIpc) is 2.64. The number of ether oxygens (including phenoxy) is 1. The smallest absolute Gasteiger partial charge is 0.183 e. The number of hydrogen-bond acceptors (Lipinski definition) is 4. The highest BCUT2D eigenvalue weighted by molar-refractivity contribution is 5.64. The van der Waals surface area contributed by atoms with Crippen LogP contribution >= 0.6 is 0 Å². The van der Waals surface area contributed by atoms with E-state index in [1.165, 1.54) is 7.11 Å². The average molecular weight is 209 g/mol. The van der Waals surface area contributed by atoms with Crippen LogP contribution in [0.15, 0.2) is 18.2 Å². The van der Waals surface area contributed by atoms with E-state index in [4.69, 9.17) is 4.74 Å². The van der Waals surface area contributed by atoms with E-state index >= 15 is 0 Å². The molecular formula is C11H15NO3. The van der Waals surface area contributed by atoms with E-state index in [1.54, 1.807) is 12.1 Å². The molecule has 1 aliphatic heterocycles. The van der Waals surface area contributed by atoms with Crippen LogP contribution in [0.1, 0.15) is 12.8 Å². The van der Waals surface area contributed by atoms with Crippen molar-refractivity contribution in [2.24, 2.45) is 0 Å². The number of phenolic OH excluding ortho intramolecular Hbond substituents is 1. The summed E-state index contributed by atoms with van der Waals surface area (Å²) in [6, 6.07) is 5.16. The van der Waals surface area contributed by atoms with Crippen LogP contribution in [0.3, 0.4) is 0 Å². The first-order valence-electron chi connectivity index (χ1n) is 5.04. The molecule has 82 valence electrons. The lowest BCUT2D eigenvalue weighted by molar-refractivity contribution is 0.185. The van der Waals surface area contributed by atoms with E-state index in [0.717, 1.165) is 25.1 Å². The Morgan fingerprint density at radius 1 is 1.47 bits per heavy atom. The lowest BCUT2D eigenvalue weighted by Crippen LogP contribution is -2.28. The molecule has 1 unspecified atom stereocenters. The zero-order valence-corrected chi connectivity index (χ0v) is 8.68. The summed E-state index contributed by atoms with van der Waals surface area (Å²) in [6.45, 7) is 0.793. The molecule has 2 rings (SSSR count). The van der Waals surface area contributed by atoms with E-state index in [0.29, 0.717) is 5.75 Å². The fourth-order valence-electron chi connectivity index (χ4n) is 1.98. The molecule has 0 bridgehead atoms. The molecule has 4 heteroatoms. The highest BCUT2D eigenvalue weighted by Gasteiger charge is 2.25. The summed E-state index contributed by atoms with van der Waals surface area (Å²) in [4.78, 5) is 1.85. The molecule has 0 saturated carbocycles. The molecule has 0 aromatic heterocycles. The summed E-state index contributed by atoms with van der Waals surface area (Å²) < 4.78 is 5.13. The third-order valence-corrected chi connectivity index (χ3v) is 2.71. The predicted octanol–water partition coefficient (Wildman–Crippen LogP) is 1.32. The van der Waals surface area contributed by atoms with Gasteiger partial charge in [-0.1, -0.05) is 6.07 Å². The van der Waals surface area contributed by atoms with Gasteiger partial charge < -0.3 is 19.8 Å². The number of anilines is 1. The molecular weight excluding hydrogens is 194 g/mol. The maximum Gasteiger partial charge on any atom is 0.183 e. The van der Waals surface area contributed by atoms with Gasteiger partial charge in [-0.25, -0.2) is 0 Å². The number of methoxy groups -OCH3 is 1. The molecule has 1 saturated heterocycles. The standard InChI is InChI=1S/C11H15NO3/c1-15-11-8(4-2-5-9(11)13)12-7-3-6-10(12)14/h2,4-5,10,13-14H,3,6-7H2,1H3. The summed E-state index contributed by atoms with van der Waals surface area (Å²) in [5.41, 5.74) is 0.752. The third kappa shape index (κ3) is 1.72. The van der Waals surface area contributed by atoms with Crippen LogP contribution in [0.2, 0.25) is 0 Å². The Balaban J connectivity index is 2.38. The Morgan fingerprint density at radius 2 is 2.27 bits per heavy atom. The Kier molecular flexibility index (Phi) is 2.68. The fraction of sp³-hybridized carbons (Fsp3) is 0.455. The number of aliphatic hydroxyl groups is 1. The van der Waals surface area contributed by atoms with Crippen molar-refractivity contribution in [1.82, 2.24) is 0 Å². The zero-order valence-electron chi connectivity index (χ0n) is 8.68. The van der Waals surface area contributed by atoms with Crippen molar-refractivity contribution >= 4 is 5.69 Å². The molecule has 4 nitrogen and oxygen atoms in total. The number of aliphatic hydroxyl groups excluding tert-OH is 1. The van der Waals surface area contributed by atoms with Gasteiger partial charge in [0.25, 0.3) is 0 Å². The summed E-state index contributed by atoms with van der Waals surface area (Å²) in [7, 11) is 1.51. The Morgan fingerprint density at radius 3 is 2.87 bits per heavy atom. The predicted molar refractivity (Wildman–Crippen MR) is 57.2 cm³/mol. The van der Waals surface area contributed by atoms with E-state index in [9.17, 15) is 10.2 Å². The second kappa shape index (κ2) is 3.98. The molecule has 1 aliphatic rings. The van der Waals surface area contributed by atoms with Gasteiger partial charge in [0, 0.05) is 6.54 Å². The molecule has 0 radical (unpaired) electrons. The van der Waals surface area contributed by atoms with Gasteiger partial charge in [-0.2, -0.15) is 0 Å². The van der Waals surface area contributed by atoms with Crippen LogP contribution in [0, 0.1) is 0 Å². The van der Waals surface area contributed by atoms with Crippen LogP contribution in [0.25, 0.3) is 0 Å². The molecule has 15 heavy (non-hydrogen) atoms. The molecule has 0 spiro atoms. The molecule has 1 aromatic rings. The number of hydrogen-bond donors (Lipinski definition) is 2. The van der Waals surface area contributed by atoms with Gasteiger partial charge >= 0.3 is 0 Å². The molecule has 0 aliphatic carbocycles. The van der Waals surface area contributed by atoms with E-state index in [2.05, 4.69) is 0 Å². The first-order valence-corrected chi connectivity index (χ1v) is 5.04. The van der Waals surface area contributed by atoms with Gasteiger partial charge in [0.15, 0.2) is 11.5 Å².